The molecule has 2 heterocycles. The molecule has 0 radical (unpaired) electrons. The molecule has 1 aromatic carbocycles. The molecule has 1 N–H and O–H groups in total. The van der Waals surface area contributed by atoms with E-state index in [1.807, 2.05) is 31.2 Å². The average molecular weight is 339 g/mol. The number of furan rings is 1. The van der Waals surface area contributed by atoms with Gasteiger partial charge in [0.25, 0.3) is 5.91 Å². The zero-order chi connectivity index (χ0) is 18.1. The summed E-state index contributed by atoms with van der Waals surface area (Å²) in [5, 5.41) is 10.4. The van der Waals surface area contributed by atoms with Crippen LogP contribution >= 0.6 is 0 Å². The van der Waals surface area contributed by atoms with Gasteiger partial charge in [-0.25, -0.2) is 0 Å². The highest BCUT2D eigenvalue weighted by Gasteiger charge is 2.44. The summed E-state index contributed by atoms with van der Waals surface area (Å²) in [6.07, 6.45) is 1.53. The number of carbonyl (C=O) groups is 2. The number of aliphatic hydroxyl groups excluding tert-OH is 1. The van der Waals surface area contributed by atoms with Crippen molar-refractivity contribution >= 4 is 11.7 Å². The van der Waals surface area contributed by atoms with Gasteiger partial charge in [-0.3, -0.25) is 9.59 Å². The normalized spacial score (nSPS) is 17.7. The van der Waals surface area contributed by atoms with Crippen molar-refractivity contribution in [2.45, 2.75) is 33.4 Å². The van der Waals surface area contributed by atoms with Gasteiger partial charge in [0, 0.05) is 5.92 Å². The van der Waals surface area contributed by atoms with Gasteiger partial charge in [0.05, 0.1) is 24.4 Å². The quantitative estimate of drug-likeness (QED) is 0.901. The van der Waals surface area contributed by atoms with E-state index in [0.717, 1.165) is 11.1 Å². The van der Waals surface area contributed by atoms with E-state index in [9.17, 15) is 14.7 Å². The molecule has 0 saturated carbocycles. The molecule has 1 aromatic heterocycles. The van der Waals surface area contributed by atoms with Crippen molar-refractivity contribution in [3.05, 3.63) is 70.9 Å². The fourth-order valence-corrected chi connectivity index (χ4v) is 3.14. The van der Waals surface area contributed by atoms with Crippen LogP contribution in [0.15, 0.2) is 58.4 Å². The predicted molar refractivity (Wildman–Crippen MR) is 92.7 cm³/mol. The van der Waals surface area contributed by atoms with Crippen molar-refractivity contribution in [1.82, 2.24) is 4.90 Å². The third kappa shape index (κ3) is 3.09. The molecule has 1 aliphatic heterocycles. The van der Waals surface area contributed by atoms with Gasteiger partial charge >= 0.3 is 0 Å². The number of aliphatic hydroxyl groups is 1. The van der Waals surface area contributed by atoms with Crippen LogP contribution < -0.4 is 0 Å². The largest absolute Gasteiger partial charge is 0.503 e. The van der Waals surface area contributed by atoms with Gasteiger partial charge in [0.1, 0.15) is 5.76 Å². The highest BCUT2D eigenvalue weighted by atomic mass is 16.3. The molecule has 3 rings (SSSR count). The van der Waals surface area contributed by atoms with Crippen LogP contribution in [0.4, 0.5) is 0 Å². The molecule has 0 saturated heterocycles. The molecule has 1 atom stereocenters. The summed E-state index contributed by atoms with van der Waals surface area (Å²) in [6.45, 7) is 5.65. The molecule has 1 unspecified atom stereocenters. The lowest BCUT2D eigenvalue weighted by atomic mass is 9.90. The molecule has 2 aromatic rings. The van der Waals surface area contributed by atoms with Crippen LogP contribution in [-0.2, 0) is 16.1 Å². The maximum absolute atomic E-state index is 12.7. The third-order valence-electron chi connectivity index (χ3n) is 4.36. The molecule has 5 nitrogen and oxygen atoms in total. The fraction of sp³-hybridized carbons (Fsp3) is 0.300. The second kappa shape index (κ2) is 6.59. The topological polar surface area (TPSA) is 70.8 Å². The first-order valence-corrected chi connectivity index (χ1v) is 8.27. The number of carbonyl (C=O) groups excluding carboxylic acids is 2. The zero-order valence-electron chi connectivity index (χ0n) is 14.5. The van der Waals surface area contributed by atoms with E-state index in [1.165, 1.54) is 11.2 Å². The molecule has 0 bridgehead atoms. The molecule has 0 aliphatic carbocycles. The first kappa shape index (κ1) is 17.0. The van der Waals surface area contributed by atoms with Gasteiger partial charge in [0.2, 0.25) is 0 Å². The number of aryl methyl sites for hydroxylation is 1. The molecule has 25 heavy (non-hydrogen) atoms. The van der Waals surface area contributed by atoms with Crippen molar-refractivity contribution < 1.29 is 19.1 Å². The lowest BCUT2D eigenvalue weighted by Gasteiger charge is -2.26. The van der Waals surface area contributed by atoms with Crippen LogP contribution in [0.1, 0.15) is 36.8 Å². The van der Waals surface area contributed by atoms with E-state index in [-0.39, 0.29) is 23.8 Å². The summed E-state index contributed by atoms with van der Waals surface area (Å²) in [5.41, 5.74) is 1.98. The van der Waals surface area contributed by atoms with Gasteiger partial charge in [0.15, 0.2) is 11.5 Å². The first-order chi connectivity index (χ1) is 11.9. The third-order valence-corrected chi connectivity index (χ3v) is 4.36. The van der Waals surface area contributed by atoms with Crippen LogP contribution in [0.3, 0.4) is 0 Å². The van der Waals surface area contributed by atoms with Crippen LogP contribution in [0.2, 0.25) is 0 Å². The Hall–Kier alpha value is -2.82. The number of Topliss-reactive ketones (excluding diaryl/α,β-unsaturated/α-hetero) is 1. The second-order valence-electron chi connectivity index (χ2n) is 6.61. The summed E-state index contributed by atoms with van der Waals surface area (Å²) in [6, 6.07) is 10.5. The summed E-state index contributed by atoms with van der Waals surface area (Å²) in [5.74, 6) is -0.958. The monoisotopic (exact) mass is 339 g/mol. The Kier molecular flexibility index (Phi) is 4.49. The zero-order valence-corrected chi connectivity index (χ0v) is 14.5. The minimum absolute atomic E-state index is 0.164. The number of benzene rings is 1. The average Bonchev–Trinajstić information content (AvgIpc) is 3.16. The molecule has 1 aliphatic rings. The number of hydrogen-bond donors (Lipinski definition) is 1. The van der Waals surface area contributed by atoms with Gasteiger partial charge in [-0.15, -0.1) is 0 Å². The smallest absolute Gasteiger partial charge is 0.290 e. The van der Waals surface area contributed by atoms with E-state index in [1.54, 1.807) is 26.0 Å². The Balaban J connectivity index is 2.09. The summed E-state index contributed by atoms with van der Waals surface area (Å²) in [4.78, 5) is 26.8. The standard InChI is InChI=1S/C20H21NO4/c1-12(2)18(22)16-17(14-7-4-6-13(3)10-14)21(20(24)19(16)23)11-15-8-5-9-25-15/h4-10,12,17,23H,11H2,1-3H3. The fourth-order valence-electron chi connectivity index (χ4n) is 3.14. The second-order valence-corrected chi connectivity index (χ2v) is 6.61. The highest BCUT2D eigenvalue weighted by molar-refractivity contribution is 6.09. The molecular formula is C20H21NO4. The van der Waals surface area contributed by atoms with Crippen molar-refractivity contribution in [3.8, 4) is 0 Å². The van der Waals surface area contributed by atoms with E-state index < -0.39 is 17.7 Å². The van der Waals surface area contributed by atoms with Crippen molar-refractivity contribution in [3.63, 3.8) is 0 Å². The van der Waals surface area contributed by atoms with E-state index >= 15 is 0 Å². The number of rotatable bonds is 5. The molecule has 0 fully saturated rings. The van der Waals surface area contributed by atoms with Crippen LogP contribution in [-0.4, -0.2) is 21.7 Å². The van der Waals surface area contributed by atoms with E-state index in [4.69, 9.17) is 4.42 Å². The molecule has 130 valence electrons. The Labute approximate surface area is 146 Å². The first-order valence-electron chi connectivity index (χ1n) is 8.27. The summed E-state index contributed by atoms with van der Waals surface area (Å²) >= 11 is 0. The SMILES string of the molecule is Cc1cccc(C2C(C(=O)C(C)C)=C(O)C(=O)N2Cc2ccco2)c1. The van der Waals surface area contributed by atoms with Crippen molar-refractivity contribution in [2.24, 2.45) is 5.92 Å². The Morgan fingerprint density at radius 1 is 1.28 bits per heavy atom. The van der Waals surface area contributed by atoms with Gasteiger partial charge < -0.3 is 14.4 Å². The lowest BCUT2D eigenvalue weighted by molar-refractivity contribution is -0.130. The lowest BCUT2D eigenvalue weighted by Crippen LogP contribution is -2.31. The number of ketones is 1. The minimum Gasteiger partial charge on any atom is -0.503 e. The van der Waals surface area contributed by atoms with Crippen molar-refractivity contribution in [2.75, 3.05) is 0 Å². The summed E-state index contributed by atoms with van der Waals surface area (Å²) in [7, 11) is 0. The minimum atomic E-state index is -0.618. The molecule has 0 spiro atoms. The number of nitrogens with zero attached hydrogens (tertiary/aromatic N) is 1. The Bertz CT molecular complexity index is 833. The molecule has 1 amide bonds. The summed E-state index contributed by atoms with van der Waals surface area (Å²) < 4.78 is 5.35. The molecular weight excluding hydrogens is 318 g/mol. The van der Waals surface area contributed by atoms with Gasteiger partial charge in [-0.2, -0.15) is 0 Å². The maximum Gasteiger partial charge on any atom is 0.290 e. The molecule has 5 heteroatoms. The highest BCUT2D eigenvalue weighted by Crippen LogP contribution is 2.40. The van der Waals surface area contributed by atoms with Crippen LogP contribution in [0.25, 0.3) is 0 Å². The Morgan fingerprint density at radius 3 is 2.64 bits per heavy atom. The number of hydrogen-bond acceptors (Lipinski definition) is 4. The van der Waals surface area contributed by atoms with Crippen LogP contribution in [0.5, 0.6) is 0 Å². The Morgan fingerprint density at radius 2 is 2.04 bits per heavy atom. The predicted octanol–water partition coefficient (Wildman–Crippen LogP) is 3.71. The van der Waals surface area contributed by atoms with Gasteiger partial charge in [-0.05, 0) is 24.6 Å². The van der Waals surface area contributed by atoms with Crippen molar-refractivity contribution in [1.29, 1.82) is 0 Å². The number of amides is 1. The van der Waals surface area contributed by atoms with Gasteiger partial charge in [-0.1, -0.05) is 43.7 Å². The van der Waals surface area contributed by atoms with Crippen LogP contribution in [0, 0.1) is 12.8 Å². The maximum atomic E-state index is 12.7. The van der Waals surface area contributed by atoms with E-state index in [0.29, 0.717) is 5.76 Å². The van der Waals surface area contributed by atoms with E-state index in [2.05, 4.69) is 0 Å².